The Labute approximate surface area is 196 Å². The van der Waals surface area contributed by atoms with Gasteiger partial charge in [0, 0.05) is 42.3 Å². The minimum Gasteiger partial charge on any atom is -0.356 e. The number of thiazole rings is 1. The average molecular weight is 488 g/mol. The van der Waals surface area contributed by atoms with Crippen LogP contribution in [0.1, 0.15) is 35.1 Å². The normalized spacial score (nSPS) is 16.6. The number of rotatable bonds is 5. The summed E-state index contributed by atoms with van der Waals surface area (Å²) < 4.78 is 42.7. The van der Waals surface area contributed by atoms with Gasteiger partial charge in [-0.25, -0.2) is 15.0 Å². The number of nitrogens with zero attached hydrogens (tertiary/aromatic N) is 7. The van der Waals surface area contributed by atoms with E-state index in [1.807, 2.05) is 19.1 Å². The highest BCUT2D eigenvalue weighted by molar-refractivity contribution is 7.15. The maximum Gasteiger partial charge on any atom is 0.471 e. The number of piperidine rings is 1. The van der Waals surface area contributed by atoms with Crippen molar-refractivity contribution in [3.63, 3.8) is 0 Å². The summed E-state index contributed by atoms with van der Waals surface area (Å²) in [6.45, 7) is 3.51. The van der Waals surface area contributed by atoms with Crippen molar-refractivity contribution in [3.05, 3.63) is 53.3 Å². The topological polar surface area (TPSA) is 106 Å². The van der Waals surface area contributed by atoms with Crippen molar-refractivity contribution in [2.45, 2.75) is 31.9 Å². The van der Waals surface area contributed by atoms with E-state index in [4.69, 9.17) is 0 Å². The summed E-state index contributed by atoms with van der Waals surface area (Å²) in [7, 11) is 0. The van der Waals surface area contributed by atoms with Crippen LogP contribution in [0.25, 0.3) is 11.5 Å². The van der Waals surface area contributed by atoms with Crippen LogP contribution in [0.3, 0.4) is 0 Å². The van der Waals surface area contributed by atoms with Gasteiger partial charge in [-0.2, -0.15) is 18.2 Å². The largest absolute Gasteiger partial charge is 0.471 e. The fourth-order valence-electron chi connectivity index (χ4n) is 3.83. The number of alkyl halides is 3. The van der Waals surface area contributed by atoms with Crippen LogP contribution in [0.15, 0.2) is 41.4 Å². The zero-order chi connectivity index (χ0) is 23.7. The van der Waals surface area contributed by atoms with Gasteiger partial charge in [-0.1, -0.05) is 5.16 Å². The molecule has 1 fully saturated rings. The molecule has 176 valence electrons. The molecule has 34 heavy (non-hydrogen) atoms. The van der Waals surface area contributed by atoms with E-state index in [-0.39, 0.29) is 17.4 Å². The van der Waals surface area contributed by atoms with E-state index in [9.17, 15) is 13.2 Å². The Morgan fingerprint density at radius 1 is 1.18 bits per heavy atom. The molecule has 0 aliphatic carbocycles. The summed E-state index contributed by atoms with van der Waals surface area (Å²) in [5.74, 6) is 0.00544. The highest BCUT2D eigenvalue weighted by Gasteiger charge is 2.38. The van der Waals surface area contributed by atoms with Crippen LogP contribution in [0.2, 0.25) is 0 Å². The lowest BCUT2D eigenvalue weighted by atomic mass is 9.90. The van der Waals surface area contributed by atoms with E-state index in [2.05, 4.69) is 44.8 Å². The van der Waals surface area contributed by atoms with Crippen LogP contribution >= 0.6 is 11.3 Å². The summed E-state index contributed by atoms with van der Waals surface area (Å²) in [5.41, 5.74) is 1.18. The number of hydrogen-bond donors (Lipinski definition) is 1. The number of aryl methyl sites for hydroxylation is 1. The van der Waals surface area contributed by atoms with Crippen molar-refractivity contribution in [1.29, 1.82) is 0 Å². The molecule has 1 atom stereocenters. The van der Waals surface area contributed by atoms with Gasteiger partial charge in [0.25, 0.3) is 0 Å². The molecule has 1 saturated heterocycles. The molecule has 0 saturated carbocycles. The van der Waals surface area contributed by atoms with Gasteiger partial charge in [-0.15, -0.1) is 11.3 Å². The van der Waals surface area contributed by atoms with Gasteiger partial charge in [0.1, 0.15) is 23.7 Å². The molecule has 5 rings (SSSR count). The maximum absolute atomic E-state index is 12.8. The Hall–Kier alpha value is -3.61. The second kappa shape index (κ2) is 8.97. The van der Waals surface area contributed by atoms with E-state index >= 15 is 0 Å². The number of nitrogens with one attached hydrogen (secondary N) is 1. The summed E-state index contributed by atoms with van der Waals surface area (Å²) >= 11 is 1.54. The molecular weight excluding hydrogens is 469 g/mol. The predicted octanol–water partition coefficient (Wildman–Crippen LogP) is 4.83. The predicted molar refractivity (Wildman–Crippen MR) is 119 cm³/mol. The van der Waals surface area contributed by atoms with Crippen LogP contribution < -0.4 is 10.2 Å². The van der Waals surface area contributed by atoms with Gasteiger partial charge in [0.15, 0.2) is 5.13 Å². The van der Waals surface area contributed by atoms with Crippen LogP contribution in [-0.4, -0.2) is 43.2 Å². The number of hydrogen-bond acceptors (Lipinski definition) is 10. The minimum atomic E-state index is -4.70. The molecule has 5 heterocycles. The Balaban J connectivity index is 1.33. The van der Waals surface area contributed by atoms with E-state index in [0.29, 0.717) is 12.4 Å². The summed E-state index contributed by atoms with van der Waals surface area (Å²) in [6, 6.07) is 5.46. The zero-order valence-electron chi connectivity index (χ0n) is 18.0. The summed E-state index contributed by atoms with van der Waals surface area (Å²) in [4.78, 5) is 23.9. The highest BCUT2D eigenvalue weighted by atomic mass is 32.1. The smallest absolute Gasteiger partial charge is 0.356 e. The van der Waals surface area contributed by atoms with Gasteiger partial charge in [0.2, 0.25) is 5.82 Å². The van der Waals surface area contributed by atoms with Crippen LogP contribution in [-0.2, 0) is 6.18 Å². The fourth-order valence-corrected chi connectivity index (χ4v) is 4.50. The van der Waals surface area contributed by atoms with Crippen molar-refractivity contribution in [3.8, 4) is 11.5 Å². The van der Waals surface area contributed by atoms with Gasteiger partial charge in [0.05, 0.1) is 0 Å². The molecule has 4 aromatic heterocycles. The second-order valence-electron chi connectivity index (χ2n) is 7.84. The van der Waals surface area contributed by atoms with Crippen LogP contribution in [0, 0.1) is 6.92 Å². The van der Waals surface area contributed by atoms with Gasteiger partial charge in [-0.05, 0) is 37.5 Å². The third-order valence-electron chi connectivity index (χ3n) is 5.41. The molecular formula is C21H19F3N8OS. The lowest BCUT2D eigenvalue weighted by Crippen LogP contribution is -2.35. The zero-order valence-corrected chi connectivity index (χ0v) is 18.8. The third-order valence-corrected chi connectivity index (χ3v) is 6.24. The number of anilines is 3. The van der Waals surface area contributed by atoms with E-state index in [1.54, 1.807) is 29.8 Å². The Morgan fingerprint density at radius 2 is 2.06 bits per heavy atom. The van der Waals surface area contributed by atoms with Gasteiger partial charge >= 0.3 is 12.1 Å². The Morgan fingerprint density at radius 3 is 2.82 bits per heavy atom. The first-order chi connectivity index (χ1) is 16.3. The maximum atomic E-state index is 12.8. The van der Waals surface area contributed by atoms with Crippen LogP contribution in [0.4, 0.5) is 29.9 Å². The highest BCUT2D eigenvalue weighted by Crippen LogP contribution is 2.33. The minimum absolute atomic E-state index is 0.137. The first-order valence-corrected chi connectivity index (χ1v) is 11.3. The number of pyridine rings is 1. The van der Waals surface area contributed by atoms with Crippen molar-refractivity contribution in [1.82, 2.24) is 30.1 Å². The number of aromatic nitrogens is 6. The van der Waals surface area contributed by atoms with Crippen molar-refractivity contribution >= 4 is 28.1 Å². The molecule has 9 nitrogen and oxygen atoms in total. The molecule has 0 spiro atoms. The second-order valence-corrected chi connectivity index (χ2v) is 9.08. The van der Waals surface area contributed by atoms with Gasteiger partial charge < -0.3 is 14.7 Å². The Kier molecular flexibility index (Phi) is 5.86. The molecule has 1 N–H and O–H groups in total. The molecule has 0 unspecified atom stereocenters. The summed E-state index contributed by atoms with van der Waals surface area (Å²) in [5, 5.41) is 7.41. The van der Waals surface area contributed by atoms with Gasteiger partial charge in [-0.3, -0.25) is 4.98 Å². The monoisotopic (exact) mass is 488 g/mol. The molecule has 4 aromatic rings. The lowest BCUT2D eigenvalue weighted by molar-refractivity contribution is -0.159. The quantitative estimate of drug-likeness (QED) is 0.423. The third kappa shape index (κ3) is 4.83. The summed E-state index contributed by atoms with van der Waals surface area (Å²) in [6.07, 6.45) is 2.02. The van der Waals surface area contributed by atoms with E-state index in [0.717, 1.165) is 40.8 Å². The number of halogens is 3. The van der Waals surface area contributed by atoms with Crippen molar-refractivity contribution < 1.29 is 17.7 Å². The van der Waals surface area contributed by atoms with Crippen molar-refractivity contribution in [2.75, 3.05) is 23.3 Å². The Bertz CT molecular complexity index is 1290. The van der Waals surface area contributed by atoms with Crippen LogP contribution in [0.5, 0.6) is 0 Å². The van der Waals surface area contributed by atoms with E-state index < -0.39 is 12.1 Å². The average Bonchev–Trinajstić information content (AvgIpc) is 3.49. The first-order valence-electron chi connectivity index (χ1n) is 10.5. The van der Waals surface area contributed by atoms with Crippen molar-refractivity contribution in [2.24, 2.45) is 0 Å². The molecule has 0 bridgehead atoms. The first kappa shape index (κ1) is 22.2. The lowest BCUT2D eigenvalue weighted by Gasteiger charge is -2.34. The SMILES string of the molecule is Cc1cnc(Nc2cc(N3CCC[C@@H](c4ccnc(-c5noc(C(F)(F)F)n5)c4)C3)ncn2)s1. The van der Waals surface area contributed by atoms with E-state index in [1.165, 1.54) is 6.33 Å². The fraction of sp³-hybridized carbons (Fsp3) is 0.333. The standard InChI is InChI=1S/C21H19F3N8OS/c1-12-9-26-20(34-12)29-16-8-17(28-11-27-16)32-6-2-3-14(10-32)13-4-5-25-15(7-13)18-30-19(33-31-18)21(22,23)24/h4-5,7-9,11,14H,2-3,6,10H2,1H3,(H,26,27,28,29)/t14-/m1/s1. The molecule has 0 aromatic carbocycles. The molecule has 1 aliphatic heterocycles. The molecule has 13 heteroatoms. The molecule has 0 amide bonds. The molecule has 0 radical (unpaired) electrons. The molecule has 1 aliphatic rings.